The zero-order valence-electron chi connectivity index (χ0n) is 10.8. The van der Waals surface area contributed by atoms with Gasteiger partial charge in [-0.25, -0.2) is 4.79 Å². The van der Waals surface area contributed by atoms with E-state index in [1.165, 1.54) is 0 Å². The molecule has 0 radical (unpaired) electrons. The minimum absolute atomic E-state index is 0.0489. The first-order valence-corrected chi connectivity index (χ1v) is 6.20. The normalized spacial score (nSPS) is 15.0. The van der Waals surface area contributed by atoms with E-state index in [4.69, 9.17) is 10.5 Å². The van der Waals surface area contributed by atoms with Gasteiger partial charge in [-0.05, 0) is 19.1 Å². The maximum absolute atomic E-state index is 11.8. The van der Waals surface area contributed by atoms with Gasteiger partial charge in [-0.1, -0.05) is 6.07 Å². The number of benzene rings is 1. The number of hydrogen-bond donors (Lipinski definition) is 2. The number of anilines is 2. The molecule has 0 atom stereocenters. The maximum atomic E-state index is 11.8. The Bertz CT molecular complexity index is 502. The Hall–Kier alpha value is -2.24. The van der Waals surface area contributed by atoms with Crippen molar-refractivity contribution in [3.8, 4) is 0 Å². The fourth-order valence-electron chi connectivity index (χ4n) is 2.06. The summed E-state index contributed by atoms with van der Waals surface area (Å²) in [6.45, 7) is 3.53. The van der Waals surface area contributed by atoms with E-state index in [-0.39, 0.29) is 12.5 Å². The molecule has 3 N–H and O–H groups in total. The average molecular weight is 263 g/mol. The first-order chi connectivity index (χ1) is 9.13. The van der Waals surface area contributed by atoms with Gasteiger partial charge in [-0.2, -0.15) is 0 Å². The van der Waals surface area contributed by atoms with Crippen LogP contribution in [0.5, 0.6) is 0 Å². The second-order valence-electron chi connectivity index (χ2n) is 4.23. The molecule has 0 unspecified atom stereocenters. The number of para-hydroxylation sites is 1. The third-order valence-electron chi connectivity index (χ3n) is 2.96. The SMILES string of the molecule is CCOC(=O)c1cccc(N2CCNC(=O)C2)c1N. The van der Waals surface area contributed by atoms with E-state index >= 15 is 0 Å². The van der Waals surface area contributed by atoms with Crippen molar-refractivity contribution >= 4 is 23.3 Å². The van der Waals surface area contributed by atoms with Gasteiger partial charge in [0.25, 0.3) is 0 Å². The summed E-state index contributed by atoms with van der Waals surface area (Å²) in [7, 11) is 0. The highest BCUT2D eigenvalue weighted by molar-refractivity contribution is 5.99. The molecule has 0 aliphatic carbocycles. The minimum atomic E-state index is -0.441. The molecule has 6 nitrogen and oxygen atoms in total. The van der Waals surface area contributed by atoms with Crippen molar-refractivity contribution in [3.63, 3.8) is 0 Å². The van der Waals surface area contributed by atoms with E-state index in [1.807, 2.05) is 4.90 Å². The smallest absolute Gasteiger partial charge is 0.340 e. The van der Waals surface area contributed by atoms with Crippen molar-refractivity contribution in [1.29, 1.82) is 0 Å². The van der Waals surface area contributed by atoms with E-state index in [0.29, 0.717) is 36.6 Å². The van der Waals surface area contributed by atoms with Gasteiger partial charge in [0, 0.05) is 13.1 Å². The lowest BCUT2D eigenvalue weighted by Gasteiger charge is -2.30. The topological polar surface area (TPSA) is 84.7 Å². The zero-order valence-corrected chi connectivity index (χ0v) is 10.8. The first kappa shape index (κ1) is 13.2. The number of carbonyl (C=O) groups is 2. The monoisotopic (exact) mass is 263 g/mol. The van der Waals surface area contributed by atoms with Gasteiger partial charge >= 0.3 is 5.97 Å². The van der Waals surface area contributed by atoms with Crippen LogP contribution in [-0.2, 0) is 9.53 Å². The molecule has 0 aromatic heterocycles. The van der Waals surface area contributed by atoms with Crippen LogP contribution >= 0.6 is 0 Å². The van der Waals surface area contributed by atoms with Crippen LogP contribution in [0.25, 0.3) is 0 Å². The molecule has 1 aromatic rings. The third kappa shape index (κ3) is 2.78. The first-order valence-electron chi connectivity index (χ1n) is 6.20. The summed E-state index contributed by atoms with van der Waals surface area (Å²) in [4.78, 5) is 25.0. The number of piperazine rings is 1. The Morgan fingerprint density at radius 1 is 1.53 bits per heavy atom. The number of nitrogens with zero attached hydrogens (tertiary/aromatic N) is 1. The van der Waals surface area contributed by atoms with Crippen molar-refractivity contribution < 1.29 is 14.3 Å². The highest BCUT2D eigenvalue weighted by Gasteiger charge is 2.21. The molecule has 0 spiro atoms. The van der Waals surface area contributed by atoms with E-state index in [2.05, 4.69) is 5.32 Å². The summed E-state index contributed by atoms with van der Waals surface area (Å²) in [6.07, 6.45) is 0. The van der Waals surface area contributed by atoms with Gasteiger partial charge in [0.05, 0.1) is 30.1 Å². The third-order valence-corrected chi connectivity index (χ3v) is 2.96. The number of nitrogen functional groups attached to an aromatic ring is 1. The van der Waals surface area contributed by atoms with Crippen LogP contribution in [-0.4, -0.2) is 38.1 Å². The number of nitrogens with one attached hydrogen (secondary N) is 1. The van der Waals surface area contributed by atoms with Crippen LogP contribution in [0.1, 0.15) is 17.3 Å². The van der Waals surface area contributed by atoms with Gasteiger partial charge in [0.2, 0.25) is 5.91 Å². The lowest BCUT2D eigenvalue weighted by atomic mass is 10.1. The quantitative estimate of drug-likeness (QED) is 0.608. The van der Waals surface area contributed by atoms with Crippen molar-refractivity contribution in [1.82, 2.24) is 5.32 Å². The molecule has 1 saturated heterocycles. The van der Waals surface area contributed by atoms with Crippen molar-refractivity contribution in [3.05, 3.63) is 23.8 Å². The molecule has 2 rings (SSSR count). The largest absolute Gasteiger partial charge is 0.462 e. The summed E-state index contributed by atoms with van der Waals surface area (Å²) in [6, 6.07) is 5.17. The number of carbonyl (C=O) groups excluding carboxylic acids is 2. The van der Waals surface area contributed by atoms with Crippen LogP contribution in [0, 0.1) is 0 Å². The fourth-order valence-corrected chi connectivity index (χ4v) is 2.06. The lowest BCUT2D eigenvalue weighted by Crippen LogP contribution is -2.48. The van der Waals surface area contributed by atoms with Crippen LogP contribution in [0.3, 0.4) is 0 Å². The summed E-state index contributed by atoms with van der Waals surface area (Å²) in [5, 5.41) is 2.75. The molecule has 1 aliphatic heterocycles. The van der Waals surface area contributed by atoms with Crippen LogP contribution < -0.4 is 16.0 Å². The predicted octanol–water partition coefficient (Wildman–Crippen LogP) is 0.382. The standard InChI is InChI=1S/C13H17N3O3/c1-2-19-13(18)9-4-3-5-10(12(9)14)16-7-6-15-11(17)8-16/h3-5H,2,6-8,14H2,1H3,(H,15,17). The molecule has 0 saturated carbocycles. The summed E-state index contributed by atoms with van der Waals surface area (Å²) < 4.78 is 4.96. The molecule has 102 valence electrons. The Labute approximate surface area is 111 Å². The maximum Gasteiger partial charge on any atom is 0.340 e. The Morgan fingerprint density at radius 2 is 2.32 bits per heavy atom. The predicted molar refractivity (Wildman–Crippen MR) is 72.0 cm³/mol. The van der Waals surface area contributed by atoms with E-state index in [1.54, 1.807) is 25.1 Å². The second kappa shape index (κ2) is 5.60. The van der Waals surface area contributed by atoms with Crippen LogP contribution in [0.15, 0.2) is 18.2 Å². The van der Waals surface area contributed by atoms with E-state index in [9.17, 15) is 9.59 Å². The number of hydrogen-bond acceptors (Lipinski definition) is 5. The van der Waals surface area contributed by atoms with E-state index < -0.39 is 5.97 Å². The molecular weight excluding hydrogens is 246 g/mol. The number of nitrogens with two attached hydrogens (primary N) is 1. The van der Waals surface area contributed by atoms with Crippen molar-refractivity contribution in [2.45, 2.75) is 6.92 Å². The van der Waals surface area contributed by atoms with Gasteiger partial charge in [-0.15, -0.1) is 0 Å². The molecule has 1 aromatic carbocycles. The van der Waals surface area contributed by atoms with E-state index in [0.717, 1.165) is 0 Å². The molecule has 1 fully saturated rings. The summed E-state index contributed by atoms with van der Waals surface area (Å²) in [5.41, 5.74) is 7.41. The second-order valence-corrected chi connectivity index (χ2v) is 4.23. The van der Waals surface area contributed by atoms with Gasteiger partial charge in [0.1, 0.15) is 0 Å². The van der Waals surface area contributed by atoms with Gasteiger partial charge in [0.15, 0.2) is 0 Å². The minimum Gasteiger partial charge on any atom is -0.462 e. The Morgan fingerprint density at radius 3 is 3.00 bits per heavy atom. The molecule has 1 heterocycles. The van der Waals surface area contributed by atoms with Crippen molar-refractivity contribution in [2.75, 3.05) is 36.9 Å². The molecule has 19 heavy (non-hydrogen) atoms. The summed E-state index contributed by atoms with van der Waals surface area (Å²) >= 11 is 0. The zero-order chi connectivity index (χ0) is 13.8. The number of ether oxygens (including phenoxy) is 1. The van der Waals surface area contributed by atoms with Crippen LogP contribution in [0.2, 0.25) is 0 Å². The van der Waals surface area contributed by atoms with Gasteiger partial charge in [-0.3, -0.25) is 4.79 Å². The number of esters is 1. The average Bonchev–Trinajstić information content (AvgIpc) is 2.39. The fraction of sp³-hybridized carbons (Fsp3) is 0.385. The molecular formula is C13H17N3O3. The molecule has 0 bridgehead atoms. The Balaban J connectivity index is 2.28. The Kier molecular flexibility index (Phi) is 3.89. The lowest BCUT2D eigenvalue weighted by molar-refractivity contribution is -0.120. The molecule has 6 heteroatoms. The van der Waals surface area contributed by atoms with Gasteiger partial charge < -0.3 is 20.7 Å². The van der Waals surface area contributed by atoms with Crippen LogP contribution in [0.4, 0.5) is 11.4 Å². The number of rotatable bonds is 3. The van der Waals surface area contributed by atoms with Crippen molar-refractivity contribution in [2.24, 2.45) is 0 Å². The highest BCUT2D eigenvalue weighted by atomic mass is 16.5. The molecule has 1 aliphatic rings. The molecule has 1 amide bonds. The summed E-state index contributed by atoms with van der Waals surface area (Å²) in [5.74, 6) is -0.490. The highest BCUT2D eigenvalue weighted by Crippen LogP contribution is 2.27. The number of amides is 1.